The Morgan fingerprint density at radius 2 is 1.67 bits per heavy atom. The number of carbonyl (C=O) groups is 3. The number of nitrogens with one attached hydrogen (secondary N) is 2. The van der Waals surface area contributed by atoms with Crippen molar-refractivity contribution < 1.29 is 62.3 Å². The molecule has 5 rings (SSSR count). The van der Waals surface area contributed by atoms with Crippen molar-refractivity contribution in [1.29, 1.82) is 0 Å². The number of carbonyl (C=O) groups excluding carboxylic acids is 3. The van der Waals surface area contributed by atoms with Crippen LogP contribution in [0.4, 0.5) is 5.13 Å². The zero-order valence-electron chi connectivity index (χ0n) is 19.6. The molecular weight excluding hydrogens is 517 g/mol. The number of nitrogens with zero attached hydrogens (tertiary/aromatic N) is 2. The Bertz CT molecular complexity index is 1330. The van der Waals surface area contributed by atoms with E-state index in [1.54, 1.807) is 6.92 Å². The van der Waals surface area contributed by atoms with E-state index in [1.165, 1.54) is 24.3 Å². The SMILES string of the molecule is Cc1[nH]c(C(=O)NC2[C@H]3CN(c4nc(-c5ccc(C(=O)[O-])cc5)c(C(=O)[O-])s4)C[C@@H]23)c(Cl)c1Cl.[Li+].[Li+]. The summed E-state index contributed by atoms with van der Waals surface area (Å²) < 4.78 is 0. The van der Waals surface area contributed by atoms with E-state index in [4.69, 9.17) is 23.2 Å². The van der Waals surface area contributed by atoms with Gasteiger partial charge in [0.05, 0.1) is 32.6 Å². The van der Waals surface area contributed by atoms with Gasteiger partial charge in [0.2, 0.25) is 0 Å². The number of aryl methyl sites for hydroxylation is 1. The van der Waals surface area contributed by atoms with Crippen LogP contribution in [0.15, 0.2) is 24.3 Å². The van der Waals surface area contributed by atoms with Crippen LogP contribution in [0.3, 0.4) is 0 Å². The zero-order valence-corrected chi connectivity index (χ0v) is 21.9. The van der Waals surface area contributed by atoms with Gasteiger partial charge < -0.3 is 35.0 Å². The standard InChI is InChI=1S/C22H18Cl2N4O5S.2Li/c1-8-13(23)14(24)17(25-8)19(29)26-16-11-6-28(7-12(11)16)22-27-15(18(34-22)21(32)33)9-2-4-10(5-3-9)20(30)31;;/h2-5,11-12,16,25H,6-7H2,1H3,(H,26,29)(H,30,31)(H,32,33);;/q;2*+1/p-2/t11-,12+,16?;;. The number of rotatable bonds is 6. The molecule has 0 radical (unpaired) electrons. The summed E-state index contributed by atoms with van der Waals surface area (Å²) in [5, 5.41) is 26.7. The molecule has 1 unspecified atom stereocenters. The van der Waals surface area contributed by atoms with Crippen molar-refractivity contribution >= 4 is 57.5 Å². The van der Waals surface area contributed by atoms with Gasteiger partial charge in [-0.05, 0) is 12.5 Å². The number of hydrogen-bond acceptors (Lipinski definition) is 8. The quantitative estimate of drug-likeness (QED) is 0.304. The van der Waals surface area contributed by atoms with Crippen LogP contribution in [-0.2, 0) is 0 Å². The fourth-order valence-electron chi connectivity index (χ4n) is 4.39. The largest absolute Gasteiger partial charge is 1.00 e. The Kier molecular flexibility index (Phi) is 8.64. The fourth-order valence-corrected chi connectivity index (χ4v) is 5.75. The molecule has 3 atom stereocenters. The molecule has 1 saturated carbocycles. The molecule has 1 amide bonds. The Labute approximate surface area is 243 Å². The van der Waals surface area contributed by atoms with Crippen molar-refractivity contribution in [1.82, 2.24) is 15.3 Å². The maximum absolute atomic E-state index is 12.6. The van der Waals surface area contributed by atoms with Crippen LogP contribution >= 0.6 is 34.5 Å². The van der Waals surface area contributed by atoms with Gasteiger partial charge in [0.25, 0.3) is 5.91 Å². The molecule has 2 fully saturated rings. The Balaban J connectivity index is 0.00000180. The molecule has 3 heterocycles. The summed E-state index contributed by atoms with van der Waals surface area (Å²) in [6, 6.07) is 5.64. The molecule has 36 heavy (non-hydrogen) atoms. The van der Waals surface area contributed by atoms with Gasteiger partial charge in [0, 0.05) is 42.2 Å². The summed E-state index contributed by atoms with van der Waals surface area (Å²) in [5.74, 6) is -2.58. The Morgan fingerprint density at radius 3 is 2.17 bits per heavy atom. The summed E-state index contributed by atoms with van der Waals surface area (Å²) in [6.45, 7) is 2.95. The molecule has 9 nitrogen and oxygen atoms in total. The number of anilines is 1. The minimum atomic E-state index is -1.35. The van der Waals surface area contributed by atoms with Gasteiger partial charge in [0.15, 0.2) is 5.13 Å². The molecule has 14 heteroatoms. The average molecular weight is 533 g/mol. The van der Waals surface area contributed by atoms with Crippen LogP contribution in [0.25, 0.3) is 11.3 Å². The number of fused-ring (bicyclic) bond motifs is 1. The third-order valence-electron chi connectivity index (χ3n) is 6.24. The first-order valence-corrected chi connectivity index (χ1v) is 11.9. The van der Waals surface area contributed by atoms with E-state index in [9.17, 15) is 24.6 Å². The number of carboxylic acids is 2. The normalized spacial score (nSPS) is 19.6. The number of H-pyrrole nitrogens is 1. The van der Waals surface area contributed by atoms with Crippen molar-refractivity contribution in [3.8, 4) is 11.3 Å². The topological polar surface area (TPSA) is 141 Å². The summed E-state index contributed by atoms with van der Waals surface area (Å²) in [7, 11) is 0. The van der Waals surface area contributed by atoms with Gasteiger partial charge in [-0.25, -0.2) is 4.98 Å². The number of hydrogen-bond donors (Lipinski definition) is 2. The first-order chi connectivity index (χ1) is 16.2. The summed E-state index contributed by atoms with van der Waals surface area (Å²) >= 11 is 13.2. The fraction of sp³-hybridized carbons (Fsp3) is 0.273. The number of aromatic carboxylic acids is 2. The van der Waals surface area contributed by atoms with Gasteiger partial charge in [-0.15, -0.1) is 0 Å². The number of thiazole rings is 1. The van der Waals surface area contributed by atoms with Crippen LogP contribution in [0.1, 0.15) is 36.2 Å². The van der Waals surface area contributed by atoms with Crippen molar-refractivity contribution in [2.24, 2.45) is 11.8 Å². The molecule has 1 aliphatic carbocycles. The van der Waals surface area contributed by atoms with Gasteiger partial charge in [-0.1, -0.05) is 58.8 Å². The zero-order chi connectivity index (χ0) is 24.3. The minimum Gasteiger partial charge on any atom is -0.545 e. The second kappa shape index (κ2) is 10.8. The van der Waals surface area contributed by atoms with Crippen LogP contribution in [-0.4, -0.2) is 46.9 Å². The van der Waals surface area contributed by atoms with Crippen LogP contribution in [0.2, 0.25) is 10.0 Å². The number of carboxylic acid groups (broad SMARTS) is 2. The molecule has 0 bridgehead atoms. The molecule has 1 aromatic carbocycles. The van der Waals surface area contributed by atoms with Crippen molar-refractivity contribution in [2.45, 2.75) is 13.0 Å². The smallest absolute Gasteiger partial charge is 0.545 e. The Hall–Kier alpha value is -1.89. The van der Waals surface area contributed by atoms with E-state index in [0.717, 1.165) is 11.3 Å². The molecule has 176 valence electrons. The van der Waals surface area contributed by atoms with Crippen molar-refractivity contribution in [3.05, 3.63) is 56.1 Å². The number of halogens is 2. The van der Waals surface area contributed by atoms with E-state index in [0.29, 0.717) is 34.5 Å². The van der Waals surface area contributed by atoms with Crippen LogP contribution < -0.4 is 58.2 Å². The van der Waals surface area contributed by atoms with Gasteiger partial charge in [0.1, 0.15) is 5.69 Å². The molecule has 1 saturated heterocycles. The number of benzene rings is 1. The molecule has 2 aromatic heterocycles. The molecule has 1 aliphatic heterocycles. The third kappa shape index (κ3) is 5.10. The van der Waals surface area contributed by atoms with Crippen LogP contribution in [0, 0.1) is 18.8 Å². The molecule has 2 N–H and O–H groups in total. The second-order valence-electron chi connectivity index (χ2n) is 8.31. The van der Waals surface area contributed by atoms with E-state index >= 15 is 0 Å². The summed E-state index contributed by atoms with van der Waals surface area (Å²) in [6.07, 6.45) is 0. The van der Waals surface area contributed by atoms with Gasteiger partial charge in [-0.3, -0.25) is 4.79 Å². The van der Waals surface area contributed by atoms with E-state index in [1.807, 2.05) is 4.90 Å². The first kappa shape index (κ1) is 28.7. The molecule has 3 aromatic rings. The molecule has 2 aliphatic rings. The molecule has 0 spiro atoms. The minimum absolute atomic E-state index is 0. The maximum atomic E-state index is 12.6. The monoisotopic (exact) mass is 532 g/mol. The predicted molar refractivity (Wildman–Crippen MR) is 122 cm³/mol. The number of amides is 1. The predicted octanol–water partition coefficient (Wildman–Crippen LogP) is -4.65. The van der Waals surface area contributed by atoms with Crippen molar-refractivity contribution in [2.75, 3.05) is 18.0 Å². The van der Waals surface area contributed by atoms with Crippen LogP contribution in [0.5, 0.6) is 0 Å². The Morgan fingerprint density at radius 1 is 1.06 bits per heavy atom. The van der Waals surface area contributed by atoms with E-state index in [2.05, 4.69) is 15.3 Å². The van der Waals surface area contributed by atoms with E-state index in [-0.39, 0.29) is 88.4 Å². The van der Waals surface area contributed by atoms with Gasteiger partial charge >= 0.3 is 37.7 Å². The third-order valence-corrected chi connectivity index (χ3v) is 8.28. The number of aromatic nitrogens is 2. The summed E-state index contributed by atoms with van der Waals surface area (Å²) in [5.41, 5.74) is 1.54. The van der Waals surface area contributed by atoms with E-state index < -0.39 is 11.9 Å². The molecular formula is C22H16Cl2Li2N4O5S. The summed E-state index contributed by atoms with van der Waals surface area (Å²) in [4.78, 5) is 44.6. The first-order valence-electron chi connectivity index (χ1n) is 10.3. The van der Waals surface area contributed by atoms with Gasteiger partial charge in [-0.2, -0.15) is 0 Å². The second-order valence-corrected chi connectivity index (χ2v) is 10.0. The number of piperidine rings is 1. The maximum Gasteiger partial charge on any atom is 1.00 e. The number of aromatic amines is 1. The van der Waals surface area contributed by atoms with Crippen molar-refractivity contribution in [3.63, 3.8) is 0 Å². The average Bonchev–Trinajstić information content (AvgIpc) is 3.19.